The number of halogens is 1. The molecular formula is C18H19FO3. The molecule has 0 aliphatic carbocycles. The first-order valence-corrected chi connectivity index (χ1v) is 7.18. The summed E-state index contributed by atoms with van der Waals surface area (Å²) in [5.41, 5.74) is 1.83. The highest BCUT2D eigenvalue weighted by molar-refractivity contribution is 5.78. The van der Waals surface area contributed by atoms with Crippen LogP contribution in [0.1, 0.15) is 25.3 Å². The van der Waals surface area contributed by atoms with Crippen molar-refractivity contribution in [2.24, 2.45) is 0 Å². The van der Waals surface area contributed by atoms with E-state index in [2.05, 4.69) is 0 Å². The molecule has 4 heteroatoms. The lowest BCUT2D eigenvalue weighted by Gasteiger charge is -2.14. The average Bonchev–Trinajstić information content (AvgIpc) is 2.52. The highest BCUT2D eigenvalue weighted by Gasteiger charge is 2.19. The third-order valence-corrected chi connectivity index (χ3v) is 3.40. The van der Waals surface area contributed by atoms with Crippen molar-refractivity contribution >= 4 is 5.97 Å². The Bertz CT molecular complexity index is 638. The molecule has 0 heterocycles. The number of benzene rings is 2. The summed E-state index contributed by atoms with van der Waals surface area (Å²) in [5, 5.41) is 9.12. The van der Waals surface area contributed by atoms with Crippen molar-refractivity contribution in [2.45, 2.75) is 25.9 Å². The normalized spacial score (nSPS) is 13.5. The van der Waals surface area contributed by atoms with Gasteiger partial charge in [-0.05, 0) is 31.0 Å². The third-order valence-electron chi connectivity index (χ3n) is 3.40. The highest BCUT2D eigenvalue weighted by Crippen LogP contribution is 2.26. The second kappa shape index (κ2) is 7.18. The number of hydrogen-bond acceptors (Lipinski definition) is 3. The second-order valence-electron chi connectivity index (χ2n) is 5.31. The van der Waals surface area contributed by atoms with Gasteiger partial charge in [-0.3, -0.25) is 4.79 Å². The lowest BCUT2D eigenvalue weighted by atomic mass is 9.97. The first kappa shape index (κ1) is 16.2. The van der Waals surface area contributed by atoms with Gasteiger partial charge in [0.1, 0.15) is 12.4 Å². The second-order valence-corrected chi connectivity index (χ2v) is 5.31. The zero-order valence-corrected chi connectivity index (χ0v) is 12.6. The molecule has 0 fully saturated rings. The predicted octanol–water partition coefficient (Wildman–Crippen LogP) is 3.52. The summed E-state index contributed by atoms with van der Waals surface area (Å²) in [6, 6.07) is 14.0. The smallest absolute Gasteiger partial charge is 0.313 e. The Morgan fingerprint density at radius 1 is 1.18 bits per heavy atom. The zero-order valence-electron chi connectivity index (χ0n) is 12.6. The maximum absolute atomic E-state index is 14.3. The van der Waals surface area contributed by atoms with Gasteiger partial charge < -0.3 is 9.84 Å². The van der Waals surface area contributed by atoms with Gasteiger partial charge in [0, 0.05) is 5.56 Å². The molecule has 116 valence electrons. The molecule has 1 N–H and O–H groups in total. The molecule has 0 aliphatic heterocycles. The summed E-state index contributed by atoms with van der Waals surface area (Å²) < 4.78 is 19.2. The Kier molecular flexibility index (Phi) is 5.28. The molecule has 3 nitrogen and oxygen atoms in total. The topological polar surface area (TPSA) is 46.5 Å². The van der Waals surface area contributed by atoms with E-state index in [1.807, 2.05) is 30.3 Å². The number of carbonyl (C=O) groups excluding carboxylic acids is 1. The van der Waals surface area contributed by atoms with E-state index in [-0.39, 0.29) is 12.4 Å². The molecule has 2 unspecified atom stereocenters. The number of hydrogen-bond donors (Lipinski definition) is 1. The lowest BCUT2D eigenvalue weighted by molar-refractivity contribution is -0.147. The van der Waals surface area contributed by atoms with Gasteiger partial charge in [0.05, 0.1) is 12.0 Å². The number of esters is 1. The van der Waals surface area contributed by atoms with Crippen molar-refractivity contribution < 1.29 is 19.0 Å². The van der Waals surface area contributed by atoms with Gasteiger partial charge >= 0.3 is 5.97 Å². The van der Waals surface area contributed by atoms with Crippen molar-refractivity contribution in [3.05, 3.63) is 59.9 Å². The van der Waals surface area contributed by atoms with E-state index in [9.17, 15) is 9.18 Å². The number of ether oxygens (including phenoxy) is 1. The van der Waals surface area contributed by atoms with Crippen molar-refractivity contribution in [2.75, 3.05) is 6.61 Å². The highest BCUT2D eigenvalue weighted by atomic mass is 19.1. The molecule has 2 aromatic rings. The van der Waals surface area contributed by atoms with E-state index in [1.165, 1.54) is 13.0 Å². The minimum Gasteiger partial charge on any atom is -0.462 e. The van der Waals surface area contributed by atoms with Crippen LogP contribution >= 0.6 is 0 Å². The van der Waals surface area contributed by atoms with Crippen molar-refractivity contribution in [3.63, 3.8) is 0 Å². The number of aliphatic hydroxyl groups is 1. The number of rotatable bonds is 5. The fourth-order valence-corrected chi connectivity index (χ4v) is 2.12. The van der Waals surface area contributed by atoms with E-state index in [1.54, 1.807) is 19.1 Å². The predicted molar refractivity (Wildman–Crippen MR) is 82.9 cm³/mol. The number of aliphatic hydroxyl groups excluding tert-OH is 1. The van der Waals surface area contributed by atoms with Crippen LogP contribution in [-0.4, -0.2) is 23.8 Å². The molecule has 2 rings (SSSR count). The van der Waals surface area contributed by atoms with Crippen molar-refractivity contribution in [1.82, 2.24) is 0 Å². The summed E-state index contributed by atoms with van der Waals surface area (Å²) in [5.74, 6) is -1.44. The monoisotopic (exact) mass is 302 g/mol. The maximum atomic E-state index is 14.3. The fraction of sp³-hybridized carbons (Fsp3) is 0.278. The van der Waals surface area contributed by atoms with Gasteiger partial charge in [0.25, 0.3) is 0 Å². The Morgan fingerprint density at radius 2 is 1.86 bits per heavy atom. The standard InChI is InChI=1S/C18H19FO3/c1-12(20)11-22-18(21)13(2)15-8-9-16(17(19)10-15)14-6-4-3-5-7-14/h3-10,12-13,20H,11H2,1-2H3. The molecule has 2 atom stereocenters. The molecule has 0 spiro atoms. The largest absolute Gasteiger partial charge is 0.462 e. The molecule has 0 radical (unpaired) electrons. The van der Waals surface area contributed by atoms with Crippen LogP contribution < -0.4 is 0 Å². The van der Waals surface area contributed by atoms with E-state index >= 15 is 0 Å². The maximum Gasteiger partial charge on any atom is 0.313 e. The van der Waals surface area contributed by atoms with Gasteiger partial charge in [-0.25, -0.2) is 4.39 Å². The summed E-state index contributed by atoms with van der Waals surface area (Å²) in [6.45, 7) is 3.13. The van der Waals surface area contributed by atoms with Crippen LogP contribution in [0.2, 0.25) is 0 Å². The van der Waals surface area contributed by atoms with E-state index in [4.69, 9.17) is 9.84 Å². The Morgan fingerprint density at radius 3 is 2.45 bits per heavy atom. The first-order chi connectivity index (χ1) is 10.5. The molecule has 22 heavy (non-hydrogen) atoms. The lowest BCUT2D eigenvalue weighted by Crippen LogP contribution is -2.19. The quantitative estimate of drug-likeness (QED) is 0.860. The summed E-state index contributed by atoms with van der Waals surface area (Å²) in [7, 11) is 0. The van der Waals surface area contributed by atoms with E-state index < -0.39 is 18.0 Å². The summed E-state index contributed by atoms with van der Waals surface area (Å²) >= 11 is 0. The van der Waals surface area contributed by atoms with Crippen LogP contribution in [0, 0.1) is 5.82 Å². The number of carbonyl (C=O) groups is 1. The van der Waals surface area contributed by atoms with E-state index in [0.29, 0.717) is 11.1 Å². The first-order valence-electron chi connectivity index (χ1n) is 7.18. The molecular weight excluding hydrogens is 283 g/mol. The van der Waals surface area contributed by atoms with Gasteiger partial charge in [0.15, 0.2) is 0 Å². The molecule has 0 bridgehead atoms. The molecule has 0 saturated heterocycles. The van der Waals surface area contributed by atoms with Gasteiger partial charge in [-0.15, -0.1) is 0 Å². The molecule has 0 aliphatic rings. The minimum atomic E-state index is -0.714. The van der Waals surface area contributed by atoms with Crippen LogP contribution in [0.15, 0.2) is 48.5 Å². The van der Waals surface area contributed by atoms with Gasteiger partial charge in [0.2, 0.25) is 0 Å². The SMILES string of the molecule is CC(O)COC(=O)C(C)c1ccc(-c2ccccc2)c(F)c1. The minimum absolute atomic E-state index is 0.0618. The van der Waals surface area contributed by atoms with Crippen LogP contribution in [0.4, 0.5) is 4.39 Å². The fourth-order valence-electron chi connectivity index (χ4n) is 2.12. The van der Waals surface area contributed by atoms with Crippen LogP contribution in [0.5, 0.6) is 0 Å². The third kappa shape index (κ3) is 3.92. The average molecular weight is 302 g/mol. The summed E-state index contributed by atoms with van der Waals surface area (Å²) in [6.07, 6.45) is -0.714. The van der Waals surface area contributed by atoms with E-state index in [0.717, 1.165) is 5.56 Å². The Hall–Kier alpha value is -2.20. The Labute approximate surface area is 129 Å². The summed E-state index contributed by atoms with van der Waals surface area (Å²) in [4.78, 5) is 11.9. The molecule has 0 amide bonds. The molecule has 0 saturated carbocycles. The zero-order chi connectivity index (χ0) is 16.1. The van der Waals surface area contributed by atoms with Crippen molar-refractivity contribution in [1.29, 1.82) is 0 Å². The molecule has 2 aromatic carbocycles. The van der Waals surface area contributed by atoms with Crippen LogP contribution in [0.25, 0.3) is 11.1 Å². The van der Waals surface area contributed by atoms with Crippen LogP contribution in [0.3, 0.4) is 0 Å². The Balaban J connectivity index is 2.17. The van der Waals surface area contributed by atoms with Crippen molar-refractivity contribution in [3.8, 4) is 11.1 Å². The van der Waals surface area contributed by atoms with Gasteiger partial charge in [-0.1, -0.05) is 42.5 Å². The van der Waals surface area contributed by atoms with Crippen LogP contribution in [-0.2, 0) is 9.53 Å². The van der Waals surface area contributed by atoms with Gasteiger partial charge in [-0.2, -0.15) is 0 Å². The molecule has 0 aromatic heterocycles.